The van der Waals surface area contributed by atoms with E-state index in [4.69, 9.17) is 5.11 Å². The predicted octanol–water partition coefficient (Wildman–Crippen LogP) is 4.71. The van der Waals surface area contributed by atoms with E-state index in [1.54, 1.807) is 27.8 Å². The molecule has 2 aromatic heterocycles. The summed E-state index contributed by atoms with van der Waals surface area (Å²) in [5, 5.41) is 10.8. The number of H-pyrrole nitrogens is 1. The number of pyridine rings is 1. The fourth-order valence-electron chi connectivity index (χ4n) is 4.04. The van der Waals surface area contributed by atoms with Crippen LogP contribution in [0.5, 0.6) is 0 Å². The summed E-state index contributed by atoms with van der Waals surface area (Å²) in [6.45, 7) is 14.2. The Bertz CT molecular complexity index is 1310. The maximum atomic E-state index is 13.0. The van der Waals surface area contributed by atoms with Gasteiger partial charge in [0.1, 0.15) is 5.69 Å². The Kier molecular flexibility index (Phi) is 12.4. The Morgan fingerprint density at radius 3 is 2.49 bits per heavy atom. The average Bonchev–Trinajstić information content (AvgIpc) is 3.36. The van der Waals surface area contributed by atoms with Gasteiger partial charge >= 0.3 is 0 Å². The normalized spacial score (nSPS) is 11.2. The van der Waals surface area contributed by atoms with Gasteiger partial charge < -0.3 is 20.3 Å². The van der Waals surface area contributed by atoms with Crippen molar-refractivity contribution in [3.8, 4) is 5.69 Å². The molecule has 1 aromatic carbocycles. The van der Waals surface area contributed by atoms with Crippen molar-refractivity contribution < 1.29 is 14.7 Å². The molecular weight excluding hydrogens is 492 g/mol. The second-order valence-corrected chi connectivity index (χ2v) is 9.73. The van der Waals surface area contributed by atoms with Gasteiger partial charge in [-0.3, -0.25) is 19.0 Å². The fourth-order valence-corrected chi connectivity index (χ4v) is 4.04. The van der Waals surface area contributed by atoms with Crippen LogP contribution < -0.4 is 15.8 Å². The van der Waals surface area contributed by atoms with Gasteiger partial charge in [-0.2, -0.15) is 0 Å². The van der Waals surface area contributed by atoms with E-state index < -0.39 is 0 Å². The maximum absolute atomic E-state index is 13.0. The number of nitrogens with zero attached hydrogens (tertiary/aromatic N) is 2. The Morgan fingerprint density at radius 1 is 1.21 bits per heavy atom. The number of aromatic nitrogens is 2. The molecular formula is C31H42N4O4. The van der Waals surface area contributed by atoms with E-state index in [2.05, 4.69) is 16.9 Å². The van der Waals surface area contributed by atoms with E-state index in [0.717, 1.165) is 41.0 Å². The lowest BCUT2D eigenvalue weighted by Crippen LogP contribution is -2.38. The number of carbonyl (C=O) groups is 2. The van der Waals surface area contributed by atoms with E-state index in [1.807, 2.05) is 64.1 Å². The minimum absolute atomic E-state index is 0.0306. The lowest BCUT2D eigenvalue weighted by Gasteiger charge is -2.26. The zero-order valence-electron chi connectivity index (χ0n) is 23.8. The number of aliphatic hydroxyl groups excluding tert-OH is 1. The van der Waals surface area contributed by atoms with Crippen LogP contribution in [0.1, 0.15) is 60.9 Å². The van der Waals surface area contributed by atoms with Crippen molar-refractivity contribution in [1.29, 1.82) is 0 Å². The van der Waals surface area contributed by atoms with Crippen molar-refractivity contribution in [2.75, 3.05) is 24.6 Å². The van der Waals surface area contributed by atoms with E-state index in [0.29, 0.717) is 31.8 Å². The van der Waals surface area contributed by atoms with E-state index in [-0.39, 0.29) is 23.3 Å². The molecule has 0 bridgehead atoms. The summed E-state index contributed by atoms with van der Waals surface area (Å²) in [5.74, 6) is -0.220. The molecule has 0 saturated carbocycles. The van der Waals surface area contributed by atoms with Crippen LogP contribution in [0, 0.1) is 19.8 Å². The van der Waals surface area contributed by atoms with E-state index in [1.165, 1.54) is 6.92 Å². The fraction of sp³-hybridized carbons (Fsp3) is 0.387. The zero-order valence-corrected chi connectivity index (χ0v) is 23.8. The highest BCUT2D eigenvalue weighted by atomic mass is 16.2. The molecule has 0 radical (unpaired) electrons. The molecule has 1 atom stereocenters. The summed E-state index contributed by atoms with van der Waals surface area (Å²) in [5.41, 5.74) is 4.57. The third-order valence-electron chi connectivity index (χ3n) is 6.18. The first kappa shape index (κ1) is 31.3. The molecule has 0 saturated heterocycles. The summed E-state index contributed by atoms with van der Waals surface area (Å²) >= 11 is 0. The highest BCUT2D eigenvalue weighted by Gasteiger charge is 2.18. The van der Waals surface area contributed by atoms with Gasteiger partial charge in [0.15, 0.2) is 0 Å². The molecule has 3 aromatic rings. The number of carbonyl (C=O) groups excluding carboxylic acids is 2. The third-order valence-corrected chi connectivity index (χ3v) is 6.18. The van der Waals surface area contributed by atoms with Crippen LogP contribution in [-0.4, -0.2) is 46.2 Å². The van der Waals surface area contributed by atoms with Crippen LogP contribution in [0.3, 0.4) is 0 Å². The van der Waals surface area contributed by atoms with Crippen molar-refractivity contribution >= 4 is 17.5 Å². The molecule has 8 heteroatoms. The lowest BCUT2D eigenvalue weighted by molar-refractivity contribution is -0.116. The van der Waals surface area contributed by atoms with Gasteiger partial charge in [-0.05, 0) is 81.0 Å². The molecule has 8 nitrogen and oxygen atoms in total. The Morgan fingerprint density at radius 2 is 1.92 bits per heavy atom. The minimum Gasteiger partial charge on any atom is -0.396 e. The van der Waals surface area contributed by atoms with Gasteiger partial charge in [0.25, 0.3) is 11.5 Å². The van der Waals surface area contributed by atoms with E-state index >= 15 is 0 Å². The second kappa shape index (κ2) is 15.5. The number of nitrogens with one attached hydrogen (secondary N) is 2. The van der Waals surface area contributed by atoms with Crippen molar-refractivity contribution in [1.82, 2.24) is 14.9 Å². The van der Waals surface area contributed by atoms with Gasteiger partial charge in [-0.15, -0.1) is 6.58 Å². The molecule has 0 aliphatic heterocycles. The van der Waals surface area contributed by atoms with Gasteiger partial charge in [0.2, 0.25) is 5.91 Å². The number of allylic oxidation sites excluding steroid dienone is 1. The molecule has 0 spiro atoms. The lowest BCUT2D eigenvalue weighted by atomic mass is 10.1. The standard InChI is InChI=1S/C28H34N4O3.C3H8O/c1-6-7-9-23-10-8-15-31(28(23)35)26-14-12-24(16-20(26)3)32(22(5)33)18-19(2)17-29-27(34)25-13-11-21(4)30-25;1-2-3-4/h6,8,10-16,19,30H,1,7,9,17-18H2,2-5H3,(H,29,34);4H,2-3H2,1H3. The first-order valence-corrected chi connectivity index (χ1v) is 13.4. The maximum Gasteiger partial charge on any atom is 0.267 e. The van der Waals surface area contributed by atoms with Crippen LogP contribution in [0.15, 0.2) is 66.1 Å². The molecule has 0 aliphatic carbocycles. The highest BCUT2D eigenvalue weighted by molar-refractivity contribution is 5.93. The number of anilines is 1. The number of hydrogen-bond acceptors (Lipinski definition) is 4. The topological polar surface area (TPSA) is 107 Å². The van der Waals surface area contributed by atoms with Crippen molar-refractivity contribution in [2.24, 2.45) is 5.92 Å². The molecule has 1 unspecified atom stereocenters. The third kappa shape index (κ3) is 9.11. The Labute approximate surface area is 231 Å². The van der Waals surface area contributed by atoms with Crippen LogP contribution in [0.25, 0.3) is 5.69 Å². The second-order valence-electron chi connectivity index (χ2n) is 9.73. The van der Waals surface area contributed by atoms with Gasteiger partial charge in [-0.25, -0.2) is 0 Å². The molecule has 3 N–H and O–H groups in total. The molecule has 210 valence electrons. The number of aryl methyl sites for hydroxylation is 3. The van der Waals surface area contributed by atoms with E-state index in [9.17, 15) is 14.4 Å². The molecule has 2 amide bonds. The molecule has 3 rings (SSSR count). The number of amides is 2. The van der Waals surface area contributed by atoms with Crippen LogP contribution in [-0.2, 0) is 11.2 Å². The Balaban J connectivity index is 0.00000124. The molecule has 0 aliphatic rings. The SMILES string of the molecule is C=CCCc1cccn(-c2ccc(N(CC(C)CNC(=O)c3ccc(C)[nH]3)C(C)=O)cc2C)c1=O.CCCO. The van der Waals surface area contributed by atoms with Crippen LogP contribution in [0.2, 0.25) is 0 Å². The first-order chi connectivity index (χ1) is 18.6. The number of aromatic amines is 1. The number of aliphatic hydroxyl groups is 1. The number of benzene rings is 1. The van der Waals surface area contributed by atoms with Crippen LogP contribution >= 0.6 is 0 Å². The smallest absolute Gasteiger partial charge is 0.267 e. The minimum atomic E-state index is -0.166. The quantitative estimate of drug-likeness (QED) is 0.310. The summed E-state index contributed by atoms with van der Waals surface area (Å²) in [6.07, 6.45) is 5.84. The molecule has 0 fully saturated rings. The average molecular weight is 535 g/mol. The van der Waals surface area contributed by atoms with Gasteiger partial charge in [0, 0.05) is 49.8 Å². The zero-order chi connectivity index (χ0) is 28.9. The number of rotatable bonds is 11. The first-order valence-electron chi connectivity index (χ1n) is 13.4. The van der Waals surface area contributed by atoms with Crippen LogP contribution in [0.4, 0.5) is 5.69 Å². The molecule has 39 heavy (non-hydrogen) atoms. The summed E-state index contributed by atoms with van der Waals surface area (Å²) in [7, 11) is 0. The summed E-state index contributed by atoms with van der Waals surface area (Å²) in [6, 6.07) is 13.0. The number of hydrogen-bond donors (Lipinski definition) is 3. The van der Waals surface area contributed by atoms with Crippen molar-refractivity contribution in [3.63, 3.8) is 0 Å². The highest BCUT2D eigenvalue weighted by Crippen LogP contribution is 2.23. The summed E-state index contributed by atoms with van der Waals surface area (Å²) < 4.78 is 1.65. The van der Waals surface area contributed by atoms with Gasteiger partial charge in [0.05, 0.1) is 5.69 Å². The van der Waals surface area contributed by atoms with Crippen molar-refractivity contribution in [3.05, 3.63) is 94.2 Å². The molecule has 2 heterocycles. The predicted molar refractivity (Wildman–Crippen MR) is 158 cm³/mol. The van der Waals surface area contributed by atoms with Crippen molar-refractivity contribution in [2.45, 2.75) is 53.9 Å². The Hall–Kier alpha value is -3.91. The largest absolute Gasteiger partial charge is 0.396 e. The van der Waals surface area contributed by atoms with Gasteiger partial charge in [-0.1, -0.05) is 26.0 Å². The monoisotopic (exact) mass is 534 g/mol. The summed E-state index contributed by atoms with van der Waals surface area (Å²) in [4.78, 5) is 42.5.